The molecule has 2 aromatic carbocycles. The number of nitriles is 2. The van der Waals surface area contributed by atoms with Gasteiger partial charge in [-0.15, -0.1) is 0 Å². The number of aromatic hydroxyl groups is 1. The van der Waals surface area contributed by atoms with Crippen molar-refractivity contribution >= 4 is 22.6 Å². The summed E-state index contributed by atoms with van der Waals surface area (Å²) in [5.41, 5.74) is 0.396. The highest BCUT2D eigenvalue weighted by Gasteiger charge is 2.27. The lowest BCUT2D eigenvalue weighted by molar-refractivity contribution is 0.233. The van der Waals surface area contributed by atoms with Crippen molar-refractivity contribution in [1.82, 2.24) is 4.31 Å². The molecule has 30 heavy (non-hydrogen) atoms. The first-order valence-electron chi connectivity index (χ1n) is 8.70. The van der Waals surface area contributed by atoms with E-state index in [0.29, 0.717) is 28.6 Å². The third-order valence-corrected chi connectivity index (χ3v) is 6.02. The van der Waals surface area contributed by atoms with Gasteiger partial charge in [0, 0.05) is 32.9 Å². The van der Waals surface area contributed by atoms with Crippen molar-refractivity contribution in [2.24, 2.45) is 5.92 Å². The highest BCUT2D eigenvalue weighted by atomic mass is 35.5. The second-order valence-corrected chi connectivity index (χ2v) is 7.87. The Labute approximate surface area is 181 Å². The summed E-state index contributed by atoms with van der Waals surface area (Å²) in [7, 11) is -0.322. The number of aliphatic hydroxyl groups is 2. The fraction of sp³-hybridized carbons (Fsp3) is 0.300. The molecule has 0 spiro atoms. The Kier molecular flexibility index (Phi) is 11.0. The van der Waals surface area contributed by atoms with E-state index >= 15 is 0 Å². The summed E-state index contributed by atoms with van der Waals surface area (Å²) in [4.78, 5) is 0.522. The third-order valence-electron chi connectivity index (χ3n) is 4.06. The Morgan fingerprint density at radius 1 is 1.23 bits per heavy atom. The summed E-state index contributed by atoms with van der Waals surface area (Å²) in [5.74, 6) is -0.676. The van der Waals surface area contributed by atoms with Gasteiger partial charge in [-0.3, -0.25) is 0 Å². The maximum Gasteiger partial charge on any atom is 0.144 e. The van der Waals surface area contributed by atoms with Crippen LogP contribution in [0.4, 0.5) is 4.39 Å². The van der Waals surface area contributed by atoms with Crippen molar-refractivity contribution in [1.29, 1.82) is 10.5 Å². The van der Waals surface area contributed by atoms with Gasteiger partial charge in [-0.05, 0) is 42.7 Å². The highest BCUT2D eigenvalue weighted by molar-refractivity contribution is 7.82. The third kappa shape index (κ3) is 7.06. The Balaban J connectivity index is 0.000000318. The van der Waals surface area contributed by atoms with Gasteiger partial charge in [0.05, 0.1) is 27.1 Å². The van der Waals surface area contributed by atoms with Crippen molar-refractivity contribution in [2.45, 2.75) is 11.3 Å². The number of hydrogen-bond donors (Lipinski definition) is 3. The minimum absolute atomic E-state index is 0.0576. The number of rotatable bonds is 3. The zero-order valence-corrected chi connectivity index (χ0v) is 17.7. The zero-order chi connectivity index (χ0) is 22.7. The lowest BCUT2D eigenvalue weighted by Gasteiger charge is -2.15. The molecule has 2 atom stereocenters. The summed E-state index contributed by atoms with van der Waals surface area (Å²) in [6.07, 6.45) is 0.843. The number of benzene rings is 2. The number of aliphatic hydroxyl groups excluding tert-OH is 2. The molecular formula is C20H21ClFN3O4S. The van der Waals surface area contributed by atoms with Crippen molar-refractivity contribution in [3.63, 3.8) is 0 Å². The molecule has 3 rings (SSSR count). The molecule has 1 aliphatic rings. The molecule has 0 saturated carbocycles. The molecule has 0 aromatic heterocycles. The van der Waals surface area contributed by atoms with E-state index in [4.69, 9.17) is 37.4 Å². The quantitative estimate of drug-likeness (QED) is 0.655. The second kappa shape index (κ2) is 12.9. The van der Waals surface area contributed by atoms with E-state index in [-0.39, 0.29) is 23.8 Å². The smallest absolute Gasteiger partial charge is 0.144 e. The van der Waals surface area contributed by atoms with Gasteiger partial charge >= 0.3 is 0 Å². The zero-order valence-electron chi connectivity index (χ0n) is 16.1. The molecule has 1 aliphatic heterocycles. The topological polar surface area (TPSA) is 129 Å². The van der Waals surface area contributed by atoms with E-state index in [1.165, 1.54) is 18.2 Å². The molecular weight excluding hydrogens is 433 g/mol. The first-order chi connectivity index (χ1) is 14.4. The van der Waals surface area contributed by atoms with E-state index in [0.717, 1.165) is 19.6 Å². The van der Waals surface area contributed by atoms with Gasteiger partial charge in [0.15, 0.2) is 0 Å². The van der Waals surface area contributed by atoms with Crippen LogP contribution in [0.15, 0.2) is 41.3 Å². The average molecular weight is 454 g/mol. The summed E-state index contributed by atoms with van der Waals surface area (Å²) < 4.78 is 26.6. The van der Waals surface area contributed by atoms with Crippen LogP contribution in [0.3, 0.4) is 0 Å². The van der Waals surface area contributed by atoms with Gasteiger partial charge in [-0.25, -0.2) is 12.9 Å². The van der Waals surface area contributed by atoms with Gasteiger partial charge in [0.25, 0.3) is 0 Å². The molecule has 160 valence electrons. The Bertz CT molecular complexity index is 962. The van der Waals surface area contributed by atoms with E-state index in [1.807, 2.05) is 6.07 Å². The van der Waals surface area contributed by atoms with E-state index in [9.17, 15) is 8.60 Å². The van der Waals surface area contributed by atoms with Gasteiger partial charge in [0.2, 0.25) is 0 Å². The van der Waals surface area contributed by atoms with Crippen LogP contribution in [0.5, 0.6) is 5.75 Å². The standard InChI is InChI=1S/C12H13ClN2O2S.C7H4FNO.CH4O/c13-11-5-9(6-14)1-2-12(11)18(17)15-4-3-10(7-15)8-16;8-7-3-6(10)2-1-5(7)4-9;1-2/h1-2,5,10,16H,3-4,7-8H2;1-3,10H;2H,1H3. The van der Waals surface area contributed by atoms with Crippen molar-refractivity contribution in [2.75, 3.05) is 26.8 Å². The van der Waals surface area contributed by atoms with E-state index in [1.54, 1.807) is 22.5 Å². The Hall–Kier alpha value is -2.53. The lowest BCUT2D eigenvalue weighted by Crippen LogP contribution is -2.24. The predicted octanol–water partition coefficient (Wildman–Crippen LogP) is 2.56. The van der Waals surface area contributed by atoms with Crippen LogP contribution in [-0.4, -0.2) is 50.6 Å². The molecule has 0 aliphatic carbocycles. The SMILES string of the molecule is CO.N#Cc1ccc(O)cc1F.N#Cc1ccc(S(=O)N2CCC(CO)C2)c(Cl)c1. The van der Waals surface area contributed by atoms with Crippen molar-refractivity contribution < 1.29 is 23.9 Å². The highest BCUT2D eigenvalue weighted by Crippen LogP contribution is 2.26. The Morgan fingerprint density at radius 3 is 2.43 bits per heavy atom. The normalized spacial score (nSPS) is 16.2. The number of halogens is 2. The molecule has 1 saturated heterocycles. The molecule has 0 radical (unpaired) electrons. The average Bonchev–Trinajstić information content (AvgIpc) is 3.24. The maximum atomic E-state index is 12.5. The fourth-order valence-electron chi connectivity index (χ4n) is 2.54. The van der Waals surface area contributed by atoms with E-state index < -0.39 is 16.8 Å². The molecule has 7 nitrogen and oxygen atoms in total. The van der Waals surface area contributed by atoms with Crippen LogP contribution >= 0.6 is 11.6 Å². The van der Waals surface area contributed by atoms with Crippen LogP contribution < -0.4 is 0 Å². The van der Waals surface area contributed by atoms with Crippen molar-refractivity contribution in [3.05, 3.63) is 58.4 Å². The summed E-state index contributed by atoms with van der Waals surface area (Å²) in [6.45, 7) is 1.42. The first kappa shape index (κ1) is 25.5. The first-order valence-corrected chi connectivity index (χ1v) is 10.2. The number of phenolic OH excluding ortho intramolecular Hbond substituents is 1. The van der Waals surface area contributed by atoms with Crippen LogP contribution in [0.25, 0.3) is 0 Å². The molecule has 2 unspecified atom stereocenters. The largest absolute Gasteiger partial charge is 0.508 e. The lowest BCUT2D eigenvalue weighted by atomic mass is 10.1. The monoisotopic (exact) mass is 453 g/mol. The summed E-state index contributed by atoms with van der Waals surface area (Å²) >= 11 is 6.03. The second-order valence-electron chi connectivity index (χ2n) is 6.01. The van der Waals surface area contributed by atoms with Crippen LogP contribution in [-0.2, 0) is 11.0 Å². The molecule has 0 bridgehead atoms. The summed E-state index contributed by atoms with van der Waals surface area (Å²) in [6, 6.07) is 11.8. The van der Waals surface area contributed by atoms with Gasteiger partial charge in [0.1, 0.15) is 28.6 Å². The molecule has 10 heteroatoms. The van der Waals surface area contributed by atoms with Crippen LogP contribution in [0.1, 0.15) is 17.5 Å². The number of nitrogens with zero attached hydrogens (tertiary/aromatic N) is 3. The molecule has 1 fully saturated rings. The van der Waals surface area contributed by atoms with Crippen LogP contribution in [0, 0.1) is 34.4 Å². The fourth-order valence-corrected chi connectivity index (χ4v) is 4.23. The van der Waals surface area contributed by atoms with Gasteiger partial charge in [-0.1, -0.05) is 11.6 Å². The molecule has 0 amide bonds. The predicted molar refractivity (Wildman–Crippen MR) is 110 cm³/mol. The van der Waals surface area contributed by atoms with Crippen molar-refractivity contribution in [3.8, 4) is 17.9 Å². The minimum Gasteiger partial charge on any atom is -0.508 e. The minimum atomic E-state index is -1.32. The Morgan fingerprint density at radius 2 is 1.93 bits per heavy atom. The molecule has 1 heterocycles. The van der Waals surface area contributed by atoms with Gasteiger partial charge in [-0.2, -0.15) is 10.5 Å². The molecule has 3 N–H and O–H groups in total. The van der Waals surface area contributed by atoms with Gasteiger partial charge < -0.3 is 15.3 Å². The number of phenols is 1. The maximum absolute atomic E-state index is 12.5. The van der Waals surface area contributed by atoms with Crippen LogP contribution in [0.2, 0.25) is 5.02 Å². The number of hydrogen-bond acceptors (Lipinski definition) is 6. The van der Waals surface area contributed by atoms with E-state index in [2.05, 4.69) is 0 Å². The summed E-state index contributed by atoms with van der Waals surface area (Å²) in [5, 5.41) is 42.1. The molecule has 2 aromatic rings.